The number of nitrogens with zero attached hydrogens (tertiary/aromatic N) is 2. The number of carbonyl (C=O) groups excluding carboxylic acids is 1. The Hall–Kier alpha value is -1.38. The zero-order valence-electron chi connectivity index (χ0n) is 14.8. The summed E-state index contributed by atoms with van der Waals surface area (Å²) in [5.41, 5.74) is 1.07. The number of carbonyl (C=O) groups is 1. The molecule has 6 nitrogen and oxygen atoms in total. The molecule has 1 fully saturated rings. The molecule has 8 heteroatoms. The minimum Gasteiger partial charge on any atom is -0.376 e. The average molecular weight is 382 g/mol. The van der Waals surface area contributed by atoms with Gasteiger partial charge in [0.15, 0.2) is 5.16 Å². The van der Waals surface area contributed by atoms with Crippen LogP contribution in [0.3, 0.4) is 0 Å². The summed E-state index contributed by atoms with van der Waals surface area (Å²) in [6, 6.07) is 0. The van der Waals surface area contributed by atoms with E-state index >= 15 is 0 Å². The lowest BCUT2D eigenvalue weighted by Gasteiger charge is -2.15. The molecule has 0 bridgehead atoms. The highest BCUT2D eigenvalue weighted by Crippen LogP contribution is 2.30. The molecule has 1 amide bonds. The second-order valence-corrected chi connectivity index (χ2v) is 8.22. The normalized spacial score (nSPS) is 17.3. The first kappa shape index (κ1) is 18.4. The van der Waals surface area contributed by atoms with Gasteiger partial charge in [-0.25, -0.2) is 4.98 Å². The Morgan fingerprint density at radius 3 is 2.96 bits per heavy atom. The zero-order chi connectivity index (χ0) is 18.0. The fourth-order valence-corrected chi connectivity index (χ4v) is 5.16. The molecule has 1 aliphatic rings. The Balaban J connectivity index is 2.07. The highest BCUT2D eigenvalue weighted by molar-refractivity contribution is 7.99. The number of fused-ring (bicyclic) bond motifs is 1. The van der Waals surface area contributed by atoms with E-state index in [0.29, 0.717) is 11.7 Å². The summed E-state index contributed by atoms with van der Waals surface area (Å²) in [6.07, 6.45) is 2.83. The number of amides is 1. The van der Waals surface area contributed by atoms with Gasteiger partial charge in [-0.2, -0.15) is 0 Å². The van der Waals surface area contributed by atoms with Crippen LogP contribution in [0.1, 0.15) is 30.2 Å². The van der Waals surface area contributed by atoms with Crippen LogP contribution in [0.15, 0.2) is 9.95 Å². The van der Waals surface area contributed by atoms with Crippen molar-refractivity contribution in [3.63, 3.8) is 0 Å². The summed E-state index contributed by atoms with van der Waals surface area (Å²) >= 11 is 2.86. The lowest BCUT2D eigenvalue weighted by Crippen LogP contribution is -2.29. The van der Waals surface area contributed by atoms with E-state index in [1.807, 2.05) is 6.92 Å². The molecule has 1 saturated heterocycles. The molecule has 0 aromatic carbocycles. The first-order valence-corrected chi connectivity index (χ1v) is 10.3. The predicted molar refractivity (Wildman–Crippen MR) is 102 cm³/mol. The predicted octanol–water partition coefficient (Wildman–Crippen LogP) is 2.35. The van der Waals surface area contributed by atoms with Crippen molar-refractivity contribution in [2.24, 2.45) is 0 Å². The molecule has 0 spiro atoms. The standard InChI is InChI=1S/C17H23N3O3S2/c1-4-12-10(2)25-15-14(12)16(22)20(8-11-6-5-7-23-11)17(19-15)24-9-13(21)18-3/h11H,4-9H2,1-3H3,(H,18,21). The number of ether oxygens (including phenoxy) is 1. The number of thioether (sulfide) groups is 1. The highest BCUT2D eigenvalue weighted by atomic mass is 32.2. The van der Waals surface area contributed by atoms with Crippen LogP contribution in [0, 0.1) is 6.92 Å². The van der Waals surface area contributed by atoms with Crippen LogP contribution in [0.2, 0.25) is 0 Å². The molecule has 1 aliphatic heterocycles. The summed E-state index contributed by atoms with van der Waals surface area (Å²) in [5.74, 6) is 0.157. The second-order valence-electron chi connectivity index (χ2n) is 6.08. The Labute approximate surface area is 155 Å². The summed E-state index contributed by atoms with van der Waals surface area (Å²) in [6.45, 7) is 5.34. The van der Waals surface area contributed by atoms with Gasteiger partial charge in [0, 0.05) is 18.5 Å². The van der Waals surface area contributed by atoms with Crippen molar-refractivity contribution in [2.45, 2.75) is 50.9 Å². The van der Waals surface area contributed by atoms with Gasteiger partial charge in [-0.05, 0) is 31.7 Å². The van der Waals surface area contributed by atoms with E-state index in [0.717, 1.165) is 46.5 Å². The summed E-state index contributed by atoms with van der Waals surface area (Å²) in [5, 5.41) is 3.93. The largest absolute Gasteiger partial charge is 0.376 e. The summed E-state index contributed by atoms with van der Waals surface area (Å²) in [7, 11) is 1.61. The van der Waals surface area contributed by atoms with Crippen molar-refractivity contribution in [1.29, 1.82) is 0 Å². The molecule has 136 valence electrons. The molecule has 2 aromatic rings. The number of hydrogen-bond donors (Lipinski definition) is 1. The Bertz CT molecular complexity index is 838. The van der Waals surface area contributed by atoms with E-state index in [1.54, 1.807) is 23.0 Å². The maximum atomic E-state index is 13.2. The highest BCUT2D eigenvalue weighted by Gasteiger charge is 2.23. The van der Waals surface area contributed by atoms with E-state index < -0.39 is 0 Å². The fraction of sp³-hybridized carbons (Fsp3) is 0.588. The summed E-state index contributed by atoms with van der Waals surface area (Å²) < 4.78 is 7.42. The van der Waals surface area contributed by atoms with Gasteiger partial charge >= 0.3 is 0 Å². The average Bonchev–Trinajstić information content (AvgIpc) is 3.22. The first-order chi connectivity index (χ1) is 12.0. The fourth-order valence-electron chi connectivity index (χ4n) is 3.12. The molecule has 1 unspecified atom stereocenters. The van der Waals surface area contributed by atoms with Gasteiger partial charge in [-0.1, -0.05) is 18.7 Å². The maximum Gasteiger partial charge on any atom is 0.263 e. The van der Waals surface area contributed by atoms with Crippen LogP contribution in [-0.4, -0.2) is 41.0 Å². The SMILES string of the molecule is CCc1c(C)sc2nc(SCC(=O)NC)n(CC3CCCO3)c(=O)c12. The van der Waals surface area contributed by atoms with Crippen molar-refractivity contribution < 1.29 is 9.53 Å². The van der Waals surface area contributed by atoms with Crippen molar-refractivity contribution in [1.82, 2.24) is 14.9 Å². The lowest BCUT2D eigenvalue weighted by molar-refractivity contribution is -0.118. The third-order valence-corrected chi connectivity index (χ3v) is 6.47. The van der Waals surface area contributed by atoms with Crippen molar-refractivity contribution >= 4 is 39.2 Å². The van der Waals surface area contributed by atoms with Gasteiger partial charge in [0.1, 0.15) is 4.83 Å². The topological polar surface area (TPSA) is 73.2 Å². The second kappa shape index (κ2) is 7.88. The van der Waals surface area contributed by atoms with E-state index in [-0.39, 0.29) is 23.3 Å². The van der Waals surface area contributed by atoms with E-state index in [2.05, 4.69) is 12.2 Å². The molecule has 3 heterocycles. The Kier molecular flexibility index (Phi) is 5.81. The number of rotatable bonds is 6. The van der Waals surface area contributed by atoms with Gasteiger partial charge in [0.25, 0.3) is 5.56 Å². The van der Waals surface area contributed by atoms with Crippen LogP contribution < -0.4 is 10.9 Å². The lowest BCUT2D eigenvalue weighted by atomic mass is 10.1. The van der Waals surface area contributed by atoms with E-state index in [9.17, 15) is 9.59 Å². The van der Waals surface area contributed by atoms with E-state index in [1.165, 1.54) is 11.8 Å². The van der Waals surface area contributed by atoms with Gasteiger partial charge in [-0.3, -0.25) is 14.2 Å². The molecule has 2 aromatic heterocycles. The van der Waals surface area contributed by atoms with Gasteiger partial charge < -0.3 is 10.1 Å². The first-order valence-electron chi connectivity index (χ1n) is 8.53. The molecule has 25 heavy (non-hydrogen) atoms. The van der Waals surface area contributed by atoms with Crippen molar-refractivity contribution in [3.05, 3.63) is 20.8 Å². The maximum absolute atomic E-state index is 13.2. The number of aryl methyl sites for hydroxylation is 2. The Morgan fingerprint density at radius 2 is 2.32 bits per heavy atom. The molecule has 0 saturated carbocycles. The number of hydrogen-bond acceptors (Lipinski definition) is 6. The monoisotopic (exact) mass is 381 g/mol. The molecular weight excluding hydrogens is 358 g/mol. The molecular formula is C17H23N3O3S2. The van der Waals surface area contributed by atoms with E-state index in [4.69, 9.17) is 9.72 Å². The third-order valence-electron chi connectivity index (χ3n) is 4.45. The Morgan fingerprint density at radius 1 is 1.52 bits per heavy atom. The quantitative estimate of drug-likeness (QED) is 0.614. The smallest absolute Gasteiger partial charge is 0.263 e. The van der Waals surface area contributed by atoms with Gasteiger partial charge in [0.05, 0.1) is 23.8 Å². The van der Waals surface area contributed by atoms with Gasteiger partial charge in [-0.15, -0.1) is 11.3 Å². The van der Waals surface area contributed by atoms with Crippen molar-refractivity contribution in [2.75, 3.05) is 19.4 Å². The van der Waals surface area contributed by atoms with Crippen LogP contribution in [0.25, 0.3) is 10.2 Å². The van der Waals surface area contributed by atoms with Crippen LogP contribution >= 0.6 is 23.1 Å². The number of nitrogens with one attached hydrogen (secondary N) is 1. The van der Waals surface area contributed by atoms with Gasteiger partial charge in [0.2, 0.25) is 5.91 Å². The molecule has 3 rings (SSSR count). The number of thiophene rings is 1. The molecule has 0 aliphatic carbocycles. The molecule has 1 atom stereocenters. The number of aromatic nitrogens is 2. The zero-order valence-corrected chi connectivity index (χ0v) is 16.4. The third kappa shape index (κ3) is 3.75. The van der Waals surface area contributed by atoms with Crippen LogP contribution in [-0.2, 0) is 22.5 Å². The summed E-state index contributed by atoms with van der Waals surface area (Å²) in [4.78, 5) is 31.5. The molecule has 0 radical (unpaired) electrons. The minimum atomic E-state index is -0.0837. The van der Waals surface area contributed by atoms with Crippen LogP contribution in [0.5, 0.6) is 0 Å². The van der Waals surface area contributed by atoms with Crippen molar-refractivity contribution in [3.8, 4) is 0 Å². The minimum absolute atomic E-state index is 0.0129. The van der Waals surface area contributed by atoms with Crippen LogP contribution in [0.4, 0.5) is 0 Å². The molecule has 1 N–H and O–H groups in total.